The molecular weight excluding hydrogens is 192 g/mol. The topological polar surface area (TPSA) is 51.0 Å². The average Bonchev–Trinajstić information content (AvgIpc) is 2.64. The van der Waals surface area contributed by atoms with Crippen LogP contribution >= 0.6 is 0 Å². The molecule has 0 fully saturated rings. The van der Waals surface area contributed by atoms with Crippen LogP contribution in [0.15, 0.2) is 45.8 Å². The van der Waals surface area contributed by atoms with Crippen molar-refractivity contribution in [2.45, 2.75) is 6.42 Å². The van der Waals surface area contributed by atoms with Crippen LogP contribution in [0.25, 0.3) is 0 Å². The van der Waals surface area contributed by atoms with Crippen molar-refractivity contribution in [3.63, 3.8) is 0 Å². The zero-order valence-corrected chi connectivity index (χ0v) is 7.93. The molecule has 74 valence electrons. The number of hydrogen-bond donors (Lipinski definition) is 0. The highest BCUT2D eigenvalue weighted by Gasteiger charge is 2.26. The molecule has 0 saturated heterocycles. The zero-order chi connectivity index (χ0) is 10.3. The molecular formula is C11H8N2O2. The molecule has 4 heteroatoms. The molecule has 2 aliphatic heterocycles. The van der Waals surface area contributed by atoms with Crippen LogP contribution in [0.5, 0.6) is 5.75 Å². The van der Waals surface area contributed by atoms with Crippen LogP contribution < -0.4 is 4.74 Å². The molecule has 0 aliphatic carbocycles. The van der Waals surface area contributed by atoms with Gasteiger partial charge in [-0.05, 0) is 17.2 Å². The molecule has 0 N–H and O–H groups in total. The summed E-state index contributed by atoms with van der Waals surface area (Å²) in [6, 6.07) is 7.54. The van der Waals surface area contributed by atoms with Gasteiger partial charge >= 0.3 is 5.97 Å². The van der Waals surface area contributed by atoms with Gasteiger partial charge in [-0.25, -0.2) is 4.79 Å². The van der Waals surface area contributed by atoms with Gasteiger partial charge in [0.05, 0.1) is 6.54 Å². The van der Waals surface area contributed by atoms with Gasteiger partial charge in [-0.15, -0.1) is 5.11 Å². The number of rotatable bonds is 0. The van der Waals surface area contributed by atoms with E-state index in [0.29, 0.717) is 24.4 Å². The third kappa shape index (κ3) is 1.26. The first-order chi connectivity index (χ1) is 7.34. The van der Waals surface area contributed by atoms with E-state index >= 15 is 0 Å². The van der Waals surface area contributed by atoms with E-state index in [0.717, 1.165) is 11.1 Å². The van der Waals surface area contributed by atoms with Crippen molar-refractivity contribution in [1.29, 1.82) is 0 Å². The van der Waals surface area contributed by atoms with E-state index in [1.54, 1.807) is 6.07 Å². The lowest BCUT2D eigenvalue weighted by atomic mass is 10.0. The number of carbonyl (C=O) groups excluding carboxylic acids is 1. The van der Waals surface area contributed by atoms with Crippen LogP contribution in [-0.4, -0.2) is 12.5 Å². The Bertz CT molecular complexity index is 503. The monoisotopic (exact) mass is 200 g/mol. The van der Waals surface area contributed by atoms with Crippen molar-refractivity contribution in [2.75, 3.05) is 6.54 Å². The van der Waals surface area contributed by atoms with E-state index in [1.165, 1.54) is 0 Å². The number of azo groups is 1. The molecule has 2 heterocycles. The van der Waals surface area contributed by atoms with Gasteiger partial charge in [-0.3, -0.25) is 0 Å². The minimum absolute atomic E-state index is 0.381. The van der Waals surface area contributed by atoms with Crippen molar-refractivity contribution in [3.05, 3.63) is 41.1 Å². The molecule has 0 bridgehead atoms. The van der Waals surface area contributed by atoms with Crippen LogP contribution in [0.3, 0.4) is 0 Å². The number of ether oxygens (including phenoxy) is 1. The number of nitrogens with zero attached hydrogens (tertiary/aromatic N) is 2. The molecule has 3 rings (SSSR count). The fourth-order valence-corrected chi connectivity index (χ4v) is 1.79. The van der Waals surface area contributed by atoms with Crippen LogP contribution in [0.1, 0.15) is 5.56 Å². The second-order valence-electron chi connectivity index (χ2n) is 3.53. The minimum atomic E-state index is -0.392. The van der Waals surface area contributed by atoms with Gasteiger partial charge in [-0.1, -0.05) is 18.2 Å². The van der Waals surface area contributed by atoms with Crippen molar-refractivity contribution in [1.82, 2.24) is 0 Å². The Hall–Kier alpha value is -1.97. The number of esters is 1. The van der Waals surface area contributed by atoms with Gasteiger partial charge in [0.1, 0.15) is 5.75 Å². The third-order valence-corrected chi connectivity index (χ3v) is 2.54. The summed E-state index contributed by atoms with van der Waals surface area (Å²) in [6.07, 6.45) is 0.699. The van der Waals surface area contributed by atoms with Crippen molar-refractivity contribution < 1.29 is 9.53 Å². The van der Waals surface area contributed by atoms with Gasteiger partial charge in [0, 0.05) is 6.42 Å². The highest BCUT2D eigenvalue weighted by molar-refractivity contribution is 5.92. The van der Waals surface area contributed by atoms with E-state index in [2.05, 4.69) is 10.2 Å². The molecule has 0 aromatic heterocycles. The molecule has 15 heavy (non-hydrogen) atoms. The summed E-state index contributed by atoms with van der Waals surface area (Å²) >= 11 is 0. The fraction of sp³-hybridized carbons (Fsp3) is 0.182. The van der Waals surface area contributed by atoms with E-state index in [-0.39, 0.29) is 0 Å². The Morgan fingerprint density at radius 2 is 2.13 bits per heavy atom. The Morgan fingerprint density at radius 3 is 3.07 bits per heavy atom. The molecule has 1 aromatic carbocycles. The number of benzene rings is 1. The number of fused-ring (bicyclic) bond motifs is 1. The summed E-state index contributed by atoms with van der Waals surface area (Å²) in [5.41, 5.74) is 2.35. The first kappa shape index (κ1) is 8.35. The number of para-hydroxylation sites is 1. The van der Waals surface area contributed by atoms with Crippen molar-refractivity contribution in [3.8, 4) is 5.75 Å². The van der Waals surface area contributed by atoms with Crippen molar-refractivity contribution in [2.24, 2.45) is 10.2 Å². The summed E-state index contributed by atoms with van der Waals surface area (Å²) in [5, 5.41) is 7.65. The van der Waals surface area contributed by atoms with E-state index in [1.807, 2.05) is 18.2 Å². The smallest absolute Gasteiger partial charge is 0.364 e. The maximum absolute atomic E-state index is 11.6. The fourth-order valence-electron chi connectivity index (χ4n) is 1.79. The molecule has 4 nitrogen and oxygen atoms in total. The van der Waals surface area contributed by atoms with Crippen LogP contribution in [0, 0.1) is 0 Å². The first-order valence-corrected chi connectivity index (χ1v) is 4.74. The normalized spacial score (nSPS) is 18.3. The molecule has 0 atom stereocenters. The summed E-state index contributed by atoms with van der Waals surface area (Å²) in [7, 11) is 0. The highest BCUT2D eigenvalue weighted by atomic mass is 16.5. The largest absolute Gasteiger partial charge is 0.421 e. The Morgan fingerprint density at radius 1 is 1.27 bits per heavy atom. The van der Waals surface area contributed by atoms with Crippen molar-refractivity contribution >= 4 is 5.97 Å². The zero-order valence-electron chi connectivity index (χ0n) is 7.93. The summed E-state index contributed by atoms with van der Waals surface area (Å²) in [6.45, 7) is 0.513. The van der Waals surface area contributed by atoms with E-state index in [4.69, 9.17) is 4.74 Å². The molecule has 0 unspecified atom stereocenters. The lowest BCUT2D eigenvalue weighted by Gasteiger charge is -2.04. The van der Waals surface area contributed by atoms with Gasteiger partial charge in [0.25, 0.3) is 0 Å². The number of hydrogen-bond acceptors (Lipinski definition) is 4. The summed E-state index contributed by atoms with van der Waals surface area (Å²) in [5.74, 6) is 0.239. The van der Waals surface area contributed by atoms with Crippen LogP contribution in [0.4, 0.5) is 0 Å². The van der Waals surface area contributed by atoms with Crippen LogP contribution in [0.2, 0.25) is 0 Å². The maximum Gasteiger partial charge on any atom is 0.364 e. The molecule has 2 aliphatic rings. The maximum atomic E-state index is 11.6. The molecule has 0 radical (unpaired) electrons. The van der Waals surface area contributed by atoms with Crippen LogP contribution in [-0.2, 0) is 11.2 Å². The molecule has 0 amide bonds. The predicted molar refractivity (Wildman–Crippen MR) is 52.5 cm³/mol. The second kappa shape index (κ2) is 3.02. The van der Waals surface area contributed by atoms with Gasteiger partial charge in [0.2, 0.25) is 0 Å². The minimum Gasteiger partial charge on any atom is -0.421 e. The van der Waals surface area contributed by atoms with Gasteiger partial charge in [-0.2, -0.15) is 5.11 Å². The average molecular weight is 200 g/mol. The van der Waals surface area contributed by atoms with Gasteiger partial charge in [0.15, 0.2) is 5.70 Å². The predicted octanol–water partition coefficient (Wildman–Crippen LogP) is 1.87. The summed E-state index contributed by atoms with van der Waals surface area (Å²) in [4.78, 5) is 11.6. The van der Waals surface area contributed by atoms with E-state index in [9.17, 15) is 4.79 Å². The van der Waals surface area contributed by atoms with E-state index < -0.39 is 5.97 Å². The standard InChI is InChI=1S/C11H8N2O2/c14-11-10-8(6-12-13-10)5-7-3-1-2-4-9(7)15-11/h1-4H,5-6H2. The summed E-state index contributed by atoms with van der Waals surface area (Å²) < 4.78 is 5.22. The SMILES string of the molecule is O=C1Oc2ccccc2CC2=C1N=NC2. The number of carbonyl (C=O) groups is 1. The van der Waals surface area contributed by atoms with Gasteiger partial charge < -0.3 is 4.74 Å². The first-order valence-electron chi connectivity index (χ1n) is 4.74. The molecule has 1 aromatic rings. The molecule has 0 spiro atoms. The lowest BCUT2D eigenvalue weighted by Crippen LogP contribution is -2.08. The third-order valence-electron chi connectivity index (χ3n) is 2.54. The Kier molecular flexibility index (Phi) is 1.68. The lowest BCUT2D eigenvalue weighted by molar-refractivity contribution is -0.130. The highest BCUT2D eigenvalue weighted by Crippen LogP contribution is 2.30. The Balaban J connectivity index is 2.11. The second-order valence-corrected chi connectivity index (χ2v) is 3.53. The Labute approximate surface area is 86.3 Å². The molecule has 0 saturated carbocycles. The quantitative estimate of drug-likeness (QED) is 0.474.